The highest BCUT2D eigenvalue weighted by atomic mass is 31.1. The molecule has 0 spiro atoms. The van der Waals surface area contributed by atoms with Gasteiger partial charge in [0.2, 0.25) is 0 Å². The molecule has 138 valence electrons. The number of fused-ring (bicyclic) bond motifs is 4. The average molecular weight is 349 g/mol. The fourth-order valence-corrected chi connectivity index (χ4v) is 13.3. The van der Waals surface area contributed by atoms with E-state index in [1.807, 2.05) is 0 Å². The Kier molecular flexibility index (Phi) is 3.73. The molecule has 4 rings (SSSR count). The second kappa shape index (κ2) is 5.03. The minimum atomic E-state index is 0.135. The summed E-state index contributed by atoms with van der Waals surface area (Å²) < 4.78 is 0. The van der Waals surface area contributed by atoms with Crippen molar-refractivity contribution in [2.24, 2.45) is 33.5 Å². The van der Waals surface area contributed by atoms with E-state index in [1.165, 1.54) is 25.7 Å². The van der Waals surface area contributed by atoms with Crippen LogP contribution in [0.5, 0.6) is 0 Å². The van der Waals surface area contributed by atoms with Gasteiger partial charge in [0.15, 0.2) is 0 Å². The summed E-state index contributed by atoms with van der Waals surface area (Å²) >= 11 is 0. The van der Waals surface area contributed by atoms with Crippen molar-refractivity contribution in [1.29, 1.82) is 0 Å². The SMILES string of the molecule is CC(C)P(C1CC2CCC1(C)C2(C)C)C1CC2CCC1(C)C2(C)C. The largest absolute Gasteiger partial charge is 0.0965 e. The molecule has 0 aromatic carbocycles. The van der Waals surface area contributed by atoms with E-state index in [4.69, 9.17) is 0 Å². The molecule has 4 bridgehead atoms. The Morgan fingerprint density at radius 3 is 1.29 bits per heavy atom. The van der Waals surface area contributed by atoms with Crippen molar-refractivity contribution in [1.82, 2.24) is 0 Å². The van der Waals surface area contributed by atoms with Gasteiger partial charge in [-0.15, -0.1) is 0 Å². The van der Waals surface area contributed by atoms with Crippen LogP contribution >= 0.6 is 7.92 Å². The lowest BCUT2D eigenvalue weighted by molar-refractivity contribution is 0.147. The van der Waals surface area contributed by atoms with Crippen LogP contribution in [0.25, 0.3) is 0 Å². The number of hydrogen-bond donors (Lipinski definition) is 0. The van der Waals surface area contributed by atoms with E-state index in [1.54, 1.807) is 12.8 Å². The Labute approximate surface area is 152 Å². The van der Waals surface area contributed by atoms with Crippen LogP contribution in [-0.4, -0.2) is 17.0 Å². The van der Waals surface area contributed by atoms with E-state index in [9.17, 15) is 0 Å². The quantitative estimate of drug-likeness (QED) is 0.469. The highest BCUT2D eigenvalue weighted by Gasteiger charge is 2.68. The van der Waals surface area contributed by atoms with Crippen molar-refractivity contribution in [2.75, 3.05) is 0 Å². The van der Waals surface area contributed by atoms with Crippen LogP contribution < -0.4 is 0 Å². The number of rotatable bonds is 3. The van der Waals surface area contributed by atoms with Crippen LogP contribution in [0.3, 0.4) is 0 Å². The van der Waals surface area contributed by atoms with E-state index in [2.05, 4.69) is 55.4 Å². The Bertz CT molecular complexity index is 488. The Morgan fingerprint density at radius 2 is 1.08 bits per heavy atom. The van der Waals surface area contributed by atoms with Gasteiger partial charge in [0, 0.05) is 0 Å². The lowest BCUT2D eigenvalue weighted by Crippen LogP contribution is -2.42. The van der Waals surface area contributed by atoms with Crippen LogP contribution in [0.2, 0.25) is 0 Å². The van der Waals surface area contributed by atoms with Crippen LogP contribution in [0.1, 0.15) is 93.9 Å². The predicted molar refractivity (Wildman–Crippen MR) is 108 cm³/mol. The highest BCUT2D eigenvalue weighted by molar-refractivity contribution is 7.60. The second-order valence-electron chi connectivity index (χ2n) is 11.8. The fraction of sp³-hybridized carbons (Fsp3) is 1.00. The molecule has 1 heteroatoms. The minimum absolute atomic E-state index is 0.135. The summed E-state index contributed by atoms with van der Waals surface area (Å²) in [5, 5.41) is 0. The van der Waals surface area contributed by atoms with E-state index >= 15 is 0 Å². The predicted octanol–water partition coefficient (Wildman–Crippen LogP) is 7.31. The van der Waals surface area contributed by atoms with E-state index in [0.717, 1.165) is 28.8 Å². The van der Waals surface area contributed by atoms with E-state index in [-0.39, 0.29) is 7.92 Å². The van der Waals surface area contributed by atoms with Gasteiger partial charge in [-0.2, -0.15) is 0 Å². The normalized spacial score (nSPS) is 52.4. The Morgan fingerprint density at radius 1 is 0.708 bits per heavy atom. The fourth-order valence-electron chi connectivity index (χ4n) is 8.16. The third-order valence-electron chi connectivity index (χ3n) is 10.8. The van der Waals surface area contributed by atoms with Crippen molar-refractivity contribution >= 4 is 7.92 Å². The minimum Gasteiger partial charge on any atom is -0.0965 e. The average Bonchev–Trinajstić information content (AvgIpc) is 2.99. The summed E-state index contributed by atoms with van der Waals surface area (Å²) in [5.74, 6) is 2.02. The van der Waals surface area contributed by atoms with E-state index < -0.39 is 0 Å². The molecule has 6 atom stereocenters. The van der Waals surface area contributed by atoms with Crippen molar-refractivity contribution in [3.05, 3.63) is 0 Å². The van der Waals surface area contributed by atoms with Gasteiger partial charge >= 0.3 is 0 Å². The van der Waals surface area contributed by atoms with E-state index in [0.29, 0.717) is 21.7 Å². The Hall–Kier alpha value is 0.430. The molecule has 0 aromatic rings. The van der Waals surface area contributed by atoms with Gasteiger partial charge in [-0.1, -0.05) is 63.3 Å². The summed E-state index contributed by atoms with van der Waals surface area (Å²) in [4.78, 5) is 0. The molecule has 0 N–H and O–H groups in total. The summed E-state index contributed by atoms with van der Waals surface area (Å²) in [7, 11) is 0.135. The lowest BCUT2D eigenvalue weighted by Gasteiger charge is -2.51. The molecule has 0 saturated heterocycles. The van der Waals surface area contributed by atoms with Gasteiger partial charge in [0.05, 0.1) is 0 Å². The molecule has 4 fully saturated rings. The van der Waals surface area contributed by atoms with Gasteiger partial charge in [-0.05, 0) is 89.0 Å². The van der Waals surface area contributed by atoms with Crippen LogP contribution in [-0.2, 0) is 0 Å². The van der Waals surface area contributed by atoms with Crippen LogP contribution in [0.4, 0.5) is 0 Å². The first kappa shape index (κ1) is 17.8. The molecular weight excluding hydrogens is 307 g/mol. The van der Waals surface area contributed by atoms with Crippen molar-refractivity contribution in [3.8, 4) is 0 Å². The van der Waals surface area contributed by atoms with Crippen LogP contribution in [0, 0.1) is 33.5 Å². The zero-order valence-electron chi connectivity index (χ0n) is 17.6. The summed E-state index contributed by atoms with van der Waals surface area (Å²) in [6.45, 7) is 21.0. The first-order valence-corrected chi connectivity index (χ1v) is 12.3. The molecular formula is C23H41P. The van der Waals surface area contributed by atoms with Crippen molar-refractivity contribution in [2.45, 2.75) is 111 Å². The molecule has 6 unspecified atom stereocenters. The molecule has 4 aliphatic rings. The van der Waals surface area contributed by atoms with Crippen molar-refractivity contribution in [3.63, 3.8) is 0 Å². The molecule has 0 amide bonds. The van der Waals surface area contributed by atoms with Crippen molar-refractivity contribution < 1.29 is 0 Å². The lowest BCUT2D eigenvalue weighted by atomic mass is 9.70. The standard InChI is InChI=1S/C23H41P/c1-15(2)24(18-13-16-9-11-22(18,7)20(16,3)4)19-14-17-10-12-23(19,8)21(17,5)6/h15-19H,9-14H2,1-8H3. The topological polar surface area (TPSA) is 0 Å². The first-order valence-electron chi connectivity index (χ1n) is 10.7. The summed E-state index contributed by atoms with van der Waals surface area (Å²) in [5.41, 5.74) is 5.40. The molecule has 0 aliphatic heterocycles. The maximum absolute atomic E-state index is 2.70. The molecule has 4 saturated carbocycles. The van der Waals surface area contributed by atoms with Gasteiger partial charge in [0.1, 0.15) is 0 Å². The zero-order chi connectivity index (χ0) is 17.7. The molecule has 0 aromatic heterocycles. The highest BCUT2D eigenvalue weighted by Crippen LogP contribution is 2.80. The zero-order valence-corrected chi connectivity index (χ0v) is 18.5. The molecule has 4 aliphatic carbocycles. The summed E-state index contributed by atoms with van der Waals surface area (Å²) in [6.07, 6.45) is 9.17. The van der Waals surface area contributed by atoms with Gasteiger partial charge in [-0.3, -0.25) is 0 Å². The second-order valence-corrected chi connectivity index (χ2v) is 15.0. The molecule has 0 nitrogen and oxygen atoms in total. The van der Waals surface area contributed by atoms with Gasteiger partial charge in [-0.25, -0.2) is 0 Å². The van der Waals surface area contributed by atoms with Gasteiger partial charge in [0.25, 0.3) is 0 Å². The summed E-state index contributed by atoms with van der Waals surface area (Å²) in [6, 6.07) is 0. The monoisotopic (exact) mass is 348 g/mol. The third kappa shape index (κ3) is 1.86. The third-order valence-corrected chi connectivity index (χ3v) is 15.0. The Balaban J connectivity index is 1.71. The smallest absolute Gasteiger partial charge is 0.0142 e. The maximum atomic E-state index is 2.70. The molecule has 0 heterocycles. The van der Waals surface area contributed by atoms with Crippen LogP contribution in [0.15, 0.2) is 0 Å². The first-order chi connectivity index (χ1) is 11.0. The maximum Gasteiger partial charge on any atom is -0.0142 e. The molecule has 24 heavy (non-hydrogen) atoms. The van der Waals surface area contributed by atoms with Gasteiger partial charge < -0.3 is 0 Å². The molecule has 0 radical (unpaired) electrons. The number of hydrogen-bond acceptors (Lipinski definition) is 0.